The SMILES string of the molecule is Cc1ccccc1C(=O)Cn1[nH]c(=O)c(C)c(C)c1=O. The molecule has 1 aromatic heterocycles. The van der Waals surface area contributed by atoms with Gasteiger partial charge in [0, 0.05) is 16.7 Å². The van der Waals surface area contributed by atoms with Crippen molar-refractivity contribution in [2.75, 3.05) is 0 Å². The van der Waals surface area contributed by atoms with Crippen LogP contribution < -0.4 is 11.1 Å². The van der Waals surface area contributed by atoms with Gasteiger partial charge in [0.1, 0.15) is 6.54 Å². The van der Waals surface area contributed by atoms with Crippen LogP contribution in [0.2, 0.25) is 0 Å². The van der Waals surface area contributed by atoms with Crippen LogP contribution in [0.1, 0.15) is 27.0 Å². The van der Waals surface area contributed by atoms with Crippen molar-refractivity contribution in [1.29, 1.82) is 0 Å². The van der Waals surface area contributed by atoms with Gasteiger partial charge in [-0.05, 0) is 26.3 Å². The summed E-state index contributed by atoms with van der Waals surface area (Å²) in [6.45, 7) is 4.84. The van der Waals surface area contributed by atoms with Gasteiger partial charge in [-0.3, -0.25) is 19.5 Å². The predicted molar refractivity (Wildman–Crippen MR) is 76.3 cm³/mol. The standard InChI is InChI=1S/C15H16N2O3/c1-9-6-4-5-7-12(9)13(18)8-17-15(20)11(3)10(2)14(19)16-17/h4-7H,8H2,1-3H3,(H,16,19). The Hall–Kier alpha value is -2.43. The molecule has 0 aliphatic heterocycles. The minimum Gasteiger partial charge on any atom is -0.292 e. The van der Waals surface area contributed by atoms with E-state index < -0.39 is 0 Å². The number of aryl methyl sites for hydroxylation is 1. The Bertz CT molecular complexity index is 784. The van der Waals surface area contributed by atoms with Gasteiger partial charge in [-0.2, -0.15) is 0 Å². The number of benzene rings is 1. The fourth-order valence-electron chi connectivity index (χ4n) is 2.02. The van der Waals surface area contributed by atoms with Crippen LogP contribution in [0, 0.1) is 20.8 Å². The highest BCUT2D eigenvalue weighted by molar-refractivity contribution is 5.97. The number of carbonyl (C=O) groups excluding carboxylic acids is 1. The summed E-state index contributed by atoms with van der Waals surface area (Å²) in [6, 6.07) is 7.16. The van der Waals surface area contributed by atoms with Crippen LogP contribution in [0.3, 0.4) is 0 Å². The van der Waals surface area contributed by atoms with Gasteiger partial charge in [-0.25, -0.2) is 4.68 Å². The molecule has 5 heteroatoms. The molecule has 0 saturated carbocycles. The number of hydrogen-bond acceptors (Lipinski definition) is 3. The molecule has 2 rings (SSSR count). The van der Waals surface area contributed by atoms with Crippen molar-refractivity contribution >= 4 is 5.78 Å². The Kier molecular flexibility index (Phi) is 3.70. The number of aromatic nitrogens is 2. The highest BCUT2D eigenvalue weighted by Gasteiger charge is 2.13. The second kappa shape index (κ2) is 5.28. The number of rotatable bonds is 3. The molecule has 0 radical (unpaired) electrons. The van der Waals surface area contributed by atoms with Gasteiger partial charge in [0.2, 0.25) is 0 Å². The predicted octanol–water partition coefficient (Wildman–Crippen LogP) is 1.34. The minimum absolute atomic E-state index is 0.167. The normalized spacial score (nSPS) is 10.6. The molecule has 0 unspecified atom stereocenters. The second-order valence-corrected chi connectivity index (χ2v) is 4.82. The summed E-state index contributed by atoms with van der Waals surface area (Å²) in [4.78, 5) is 35.9. The Morgan fingerprint density at radius 3 is 2.40 bits per heavy atom. The molecule has 0 aliphatic carbocycles. The molecule has 0 aliphatic rings. The highest BCUT2D eigenvalue weighted by atomic mass is 16.2. The third-order valence-electron chi connectivity index (χ3n) is 3.45. The molecule has 20 heavy (non-hydrogen) atoms. The largest absolute Gasteiger partial charge is 0.292 e. The quantitative estimate of drug-likeness (QED) is 0.857. The van der Waals surface area contributed by atoms with Crippen molar-refractivity contribution in [2.24, 2.45) is 0 Å². The maximum Gasteiger partial charge on any atom is 0.268 e. The van der Waals surface area contributed by atoms with Crippen molar-refractivity contribution in [3.63, 3.8) is 0 Å². The van der Waals surface area contributed by atoms with Gasteiger partial charge in [0.15, 0.2) is 5.78 Å². The zero-order valence-corrected chi connectivity index (χ0v) is 11.7. The van der Waals surface area contributed by atoms with Crippen molar-refractivity contribution in [1.82, 2.24) is 9.78 Å². The smallest absolute Gasteiger partial charge is 0.268 e. The van der Waals surface area contributed by atoms with Gasteiger partial charge in [-0.15, -0.1) is 0 Å². The molecule has 2 aromatic rings. The molecule has 1 aromatic carbocycles. The van der Waals surface area contributed by atoms with Crippen LogP contribution in [-0.2, 0) is 6.54 Å². The lowest BCUT2D eigenvalue weighted by Crippen LogP contribution is -2.35. The van der Waals surface area contributed by atoms with E-state index in [4.69, 9.17) is 0 Å². The fraction of sp³-hybridized carbons (Fsp3) is 0.267. The van der Waals surface area contributed by atoms with E-state index in [-0.39, 0.29) is 23.4 Å². The average Bonchev–Trinajstić information content (AvgIpc) is 2.42. The van der Waals surface area contributed by atoms with E-state index in [1.165, 1.54) is 0 Å². The maximum atomic E-state index is 12.2. The Balaban J connectivity index is 2.42. The molecule has 0 amide bonds. The summed E-state index contributed by atoms with van der Waals surface area (Å²) < 4.78 is 1.07. The van der Waals surface area contributed by atoms with Gasteiger partial charge in [0.25, 0.3) is 11.1 Å². The van der Waals surface area contributed by atoms with Gasteiger partial charge in [-0.1, -0.05) is 24.3 Å². The topological polar surface area (TPSA) is 71.9 Å². The second-order valence-electron chi connectivity index (χ2n) is 4.82. The Labute approximate surface area is 115 Å². The molecular weight excluding hydrogens is 256 g/mol. The summed E-state index contributed by atoms with van der Waals surface area (Å²) in [5, 5.41) is 2.43. The molecule has 5 nitrogen and oxygen atoms in total. The number of aromatic amines is 1. The Morgan fingerprint density at radius 1 is 1.10 bits per heavy atom. The lowest BCUT2D eigenvalue weighted by molar-refractivity contribution is 0.0964. The average molecular weight is 272 g/mol. The van der Waals surface area contributed by atoms with E-state index in [9.17, 15) is 14.4 Å². The fourth-order valence-corrected chi connectivity index (χ4v) is 2.02. The molecule has 0 spiro atoms. The van der Waals surface area contributed by atoms with Gasteiger partial charge in [0.05, 0.1) is 0 Å². The highest BCUT2D eigenvalue weighted by Crippen LogP contribution is 2.08. The zero-order valence-electron chi connectivity index (χ0n) is 11.7. The number of Topliss-reactive ketones (excluding diaryl/α,β-unsaturated/α-hetero) is 1. The third kappa shape index (κ3) is 2.47. The number of ketones is 1. The summed E-state index contributed by atoms with van der Waals surface area (Å²) in [5.41, 5.74) is 1.46. The summed E-state index contributed by atoms with van der Waals surface area (Å²) in [5.74, 6) is -0.205. The van der Waals surface area contributed by atoms with Crippen molar-refractivity contribution in [3.8, 4) is 0 Å². The summed E-state index contributed by atoms with van der Waals surface area (Å²) in [7, 11) is 0. The van der Waals surface area contributed by atoms with E-state index in [0.717, 1.165) is 10.2 Å². The van der Waals surface area contributed by atoms with Crippen LogP contribution in [0.15, 0.2) is 33.9 Å². The van der Waals surface area contributed by atoms with Gasteiger partial charge >= 0.3 is 0 Å². The van der Waals surface area contributed by atoms with E-state index in [1.807, 2.05) is 19.1 Å². The van der Waals surface area contributed by atoms with E-state index in [2.05, 4.69) is 5.10 Å². The van der Waals surface area contributed by atoms with E-state index in [1.54, 1.807) is 26.0 Å². The molecule has 104 valence electrons. The van der Waals surface area contributed by atoms with E-state index in [0.29, 0.717) is 16.7 Å². The molecule has 0 fully saturated rings. The van der Waals surface area contributed by atoms with Crippen LogP contribution >= 0.6 is 0 Å². The van der Waals surface area contributed by atoms with Gasteiger partial charge < -0.3 is 0 Å². The molecular formula is C15H16N2O3. The molecule has 0 saturated heterocycles. The lowest BCUT2D eigenvalue weighted by atomic mass is 10.1. The number of nitrogens with zero attached hydrogens (tertiary/aromatic N) is 1. The Morgan fingerprint density at radius 2 is 1.75 bits per heavy atom. The first-order valence-electron chi connectivity index (χ1n) is 6.31. The van der Waals surface area contributed by atoms with Crippen molar-refractivity contribution in [2.45, 2.75) is 27.3 Å². The molecule has 0 atom stereocenters. The summed E-state index contributed by atoms with van der Waals surface area (Å²) in [6.07, 6.45) is 0. The monoisotopic (exact) mass is 272 g/mol. The lowest BCUT2D eigenvalue weighted by Gasteiger charge is -2.09. The van der Waals surface area contributed by atoms with Crippen LogP contribution in [-0.4, -0.2) is 15.6 Å². The minimum atomic E-state index is -0.348. The number of hydrogen-bond donors (Lipinski definition) is 1. The molecule has 1 N–H and O–H groups in total. The summed E-state index contributed by atoms with van der Waals surface area (Å²) >= 11 is 0. The zero-order chi connectivity index (χ0) is 14.9. The van der Waals surface area contributed by atoms with E-state index >= 15 is 0 Å². The number of H-pyrrole nitrogens is 1. The maximum absolute atomic E-state index is 12.2. The van der Waals surface area contributed by atoms with Crippen LogP contribution in [0.25, 0.3) is 0 Å². The van der Waals surface area contributed by atoms with Crippen LogP contribution in [0.4, 0.5) is 0 Å². The van der Waals surface area contributed by atoms with Crippen molar-refractivity contribution < 1.29 is 4.79 Å². The molecule has 0 bridgehead atoms. The first-order chi connectivity index (χ1) is 9.41. The number of carbonyl (C=O) groups is 1. The van der Waals surface area contributed by atoms with Crippen LogP contribution in [0.5, 0.6) is 0 Å². The number of nitrogens with one attached hydrogen (secondary N) is 1. The first-order valence-corrected chi connectivity index (χ1v) is 6.31. The van der Waals surface area contributed by atoms with Crippen molar-refractivity contribution in [3.05, 3.63) is 67.2 Å². The third-order valence-corrected chi connectivity index (χ3v) is 3.45. The first kappa shape index (κ1) is 14.0. The molecule has 1 heterocycles.